The number of sulfonamides is 1. The van der Waals surface area contributed by atoms with Gasteiger partial charge in [-0.3, -0.25) is 9.69 Å². The van der Waals surface area contributed by atoms with Gasteiger partial charge in [-0.2, -0.15) is 9.40 Å². The lowest BCUT2D eigenvalue weighted by Gasteiger charge is -2.26. The Morgan fingerprint density at radius 3 is 2.54 bits per heavy atom. The summed E-state index contributed by atoms with van der Waals surface area (Å²) in [7, 11) is -3.60. The van der Waals surface area contributed by atoms with E-state index in [-0.39, 0.29) is 10.8 Å². The number of hydrogen-bond acceptors (Lipinski definition) is 6. The molecule has 7 nitrogen and oxygen atoms in total. The minimum atomic E-state index is -3.60. The van der Waals surface area contributed by atoms with E-state index in [1.54, 1.807) is 32.1 Å². The van der Waals surface area contributed by atoms with Crippen molar-refractivity contribution in [3.63, 3.8) is 0 Å². The first kappa shape index (κ1) is 25.8. The molecule has 0 N–H and O–H groups in total. The van der Waals surface area contributed by atoms with Crippen molar-refractivity contribution in [2.45, 2.75) is 37.5 Å². The zero-order valence-corrected chi connectivity index (χ0v) is 23.0. The molecule has 2 saturated heterocycles. The van der Waals surface area contributed by atoms with Gasteiger partial charge in [0.15, 0.2) is 0 Å². The summed E-state index contributed by atoms with van der Waals surface area (Å²) in [6.07, 6.45) is 7.29. The third-order valence-corrected chi connectivity index (χ3v) is 9.70. The number of amides is 1. The Hall–Kier alpha value is -2.79. The lowest BCUT2D eigenvalue weighted by atomic mass is 10.1. The molecule has 192 valence electrons. The van der Waals surface area contributed by atoms with E-state index in [0.717, 1.165) is 31.4 Å². The summed E-state index contributed by atoms with van der Waals surface area (Å²) in [5.74, 6) is -0.114. The van der Waals surface area contributed by atoms with Gasteiger partial charge in [0, 0.05) is 37.0 Å². The van der Waals surface area contributed by atoms with Crippen LogP contribution in [-0.4, -0.2) is 57.3 Å². The van der Waals surface area contributed by atoms with Crippen molar-refractivity contribution < 1.29 is 13.2 Å². The Labute approximate surface area is 227 Å². The summed E-state index contributed by atoms with van der Waals surface area (Å²) < 4.78 is 30.6. The molecule has 0 unspecified atom stereocenters. The minimum Gasteiger partial charge on any atom is -0.293 e. The van der Waals surface area contributed by atoms with Crippen molar-refractivity contribution in [2.75, 3.05) is 19.6 Å². The number of rotatable bonds is 7. The fourth-order valence-electron chi connectivity index (χ4n) is 4.55. The highest BCUT2D eigenvalue weighted by atomic mass is 32.2. The second-order valence-electron chi connectivity index (χ2n) is 9.04. The smallest absolute Gasteiger partial charge is 0.266 e. The Morgan fingerprint density at radius 1 is 1.05 bits per heavy atom. The van der Waals surface area contributed by atoms with Crippen LogP contribution in [0, 0.1) is 0 Å². The summed E-state index contributed by atoms with van der Waals surface area (Å²) in [5.41, 5.74) is 2.84. The van der Waals surface area contributed by atoms with Crippen molar-refractivity contribution in [1.82, 2.24) is 19.0 Å². The number of para-hydroxylation sites is 1. The molecule has 1 aromatic heterocycles. The second-order valence-corrected chi connectivity index (χ2v) is 12.7. The molecule has 0 saturated carbocycles. The first-order valence-electron chi connectivity index (χ1n) is 12.4. The van der Waals surface area contributed by atoms with Gasteiger partial charge in [0.25, 0.3) is 5.91 Å². The van der Waals surface area contributed by atoms with Crippen molar-refractivity contribution in [3.05, 3.63) is 71.3 Å². The summed E-state index contributed by atoms with van der Waals surface area (Å²) in [5, 5.41) is 4.82. The lowest BCUT2D eigenvalue weighted by molar-refractivity contribution is -0.122. The highest BCUT2D eigenvalue weighted by Gasteiger charge is 2.32. The second kappa shape index (κ2) is 10.9. The van der Waals surface area contributed by atoms with Gasteiger partial charge in [0.2, 0.25) is 10.0 Å². The predicted molar refractivity (Wildman–Crippen MR) is 152 cm³/mol. The number of hydrogen-bond donors (Lipinski definition) is 0. The normalized spacial score (nSPS) is 18.2. The zero-order valence-electron chi connectivity index (χ0n) is 20.5. The van der Waals surface area contributed by atoms with Gasteiger partial charge in [0.1, 0.15) is 10.0 Å². The van der Waals surface area contributed by atoms with Gasteiger partial charge in [0.05, 0.1) is 15.5 Å². The molecule has 0 atom stereocenters. The molecular weight excluding hydrogens is 525 g/mol. The van der Waals surface area contributed by atoms with Crippen LogP contribution in [0.3, 0.4) is 0 Å². The molecule has 2 aliphatic heterocycles. The molecule has 0 bridgehead atoms. The van der Waals surface area contributed by atoms with Gasteiger partial charge in [-0.25, -0.2) is 13.1 Å². The van der Waals surface area contributed by atoms with Gasteiger partial charge < -0.3 is 0 Å². The Kier molecular flexibility index (Phi) is 7.62. The number of benzene rings is 2. The zero-order chi connectivity index (χ0) is 26.0. The Bertz CT molecular complexity index is 1460. The number of nitrogens with zero attached hydrogens (tertiary/aromatic N) is 4. The Morgan fingerprint density at radius 2 is 1.81 bits per heavy atom. The molecule has 3 heterocycles. The van der Waals surface area contributed by atoms with Crippen LogP contribution in [0.5, 0.6) is 0 Å². The van der Waals surface area contributed by atoms with Crippen LogP contribution < -0.4 is 0 Å². The first-order chi connectivity index (χ1) is 17.9. The quantitative estimate of drug-likeness (QED) is 0.292. The molecule has 37 heavy (non-hydrogen) atoms. The van der Waals surface area contributed by atoms with Gasteiger partial charge >= 0.3 is 0 Å². The van der Waals surface area contributed by atoms with Crippen LogP contribution in [0.15, 0.2) is 70.6 Å². The monoisotopic (exact) mass is 552 g/mol. The standard InChI is InChI=1S/C27H28N4O3S3/c1-2-14-30-26(32)24(36-27(30)35)18-21-19-31(22-11-5-3-6-12-22)28-25(21)20-10-9-13-23(17-20)37(33,34)29-15-7-4-8-16-29/h3,5-6,9-13,17-19H,2,4,7-8,14-16H2,1H3/b24-18-. The van der Waals surface area contributed by atoms with E-state index in [1.165, 1.54) is 11.8 Å². The number of aromatic nitrogens is 2. The molecule has 5 rings (SSSR count). The van der Waals surface area contributed by atoms with Crippen LogP contribution in [0.4, 0.5) is 0 Å². The SMILES string of the molecule is CCCN1C(=O)/C(=C/c2cn(-c3ccccc3)nc2-c2cccc(S(=O)(=O)N3CCCCC3)c2)SC1=S. The average Bonchev–Trinajstić information content (AvgIpc) is 3.46. The van der Waals surface area contributed by atoms with Crippen molar-refractivity contribution >= 4 is 50.3 Å². The summed E-state index contributed by atoms with van der Waals surface area (Å²) >= 11 is 6.72. The van der Waals surface area contributed by atoms with E-state index in [0.29, 0.717) is 45.7 Å². The largest absolute Gasteiger partial charge is 0.293 e. The van der Waals surface area contributed by atoms with E-state index in [4.69, 9.17) is 17.3 Å². The van der Waals surface area contributed by atoms with Gasteiger partial charge in [-0.15, -0.1) is 0 Å². The first-order valence-corrected chi connectivity index (χ1v) is 15.1. The highest BCUT2D eigenvalue weighted by Crippen LogP contribution is 2.35. The number of carbonyl (C=O) groups is 1. The maximum absolute atomic E-state index is 13.4. The minimum absolute atomic E-state index is 0.114. The Balaban J connectivity index is 1.58. The molecular formula is C27H28N4O3S3. The maximum Gasteiger partial charge on any atom is 0.266 e. The lowest BCUT2D eigenvalue weighted by Crippen LogP contribution is -2.35. The summed E-state index contributed by atoms with van der Waals surface area (Å²) in [6.45, 7) is 3.67. The molecule has 1 amide bonds. The van der Waals surface area contributed by atoms with Crippen LogP contribution in [0.2, 0.25) is 0 Å². The van der Waals surface area contributed by atoms with E-state index in [9.17, 15) is 13.2 Å². The molecule has 2 aliphatic rings. The number of thiocarbonyl (C=S) groups is 1. The summed E-state index contributed by atoms with van der Waals surface area (Å²) in [6, 6.07) is 16.6. The van der Waals surface area contributed by atoms with Crippen LogP contribution in [0.1, 0.15) is 38.2 Å². The van der Waals surface area contributed by atoms with E-state index < -0.39 is 10.0 Å². The fraction of sp³-hybridized carbons (Fsp3) is 0.296. The molecule has 10 heteroatoms. The van der Waals surface area contributed by atoms with Crippen molar-refractivity contribution in [2.24, 2.45) is 0 Å². The van der Waals surface area contributed by atoms with E-state index >= 15 is 0 Å². The fourth-order valence-corrected chi connectivity index (χ4v) is 7.41. The predicted octanol–water partition coefficient (Wildman–Crippen LogP) is 5.33. The number of piperidine rings is 1. The van der Waals surface area contributed by atoms with Gasteiger partial charge in [-0.05, 0) is 49.6 Å². The molecule has 2 fully saturated rings. The van der Waals surface area contributed by atoms with E-state index in [2.05, 4.69) is 0 Å². The molecule has 0 spiro atoms. The highest BCUT2D eigenvalue weighted by molar-refractivity contribution is 8.26. The van der Waals surface area contributed by atoms with Gasteiger partial charge in [-0.1, -0.05) is 67.7 Å². The number of carbonyl (C=O) groups excluding carboxylic acids is 1. The third-order valence-electron chi connectivity index (χ3n) is 6.43. The number of thioether (sulfide) groups is 1. The van der Waals surface area contributed by atoms with Crippen molar-refractivity contribution in [3.8, 4) is 16.9 Å². The topological polar surface area (TPSA) is 75.5 Å². The summed E-state index contributed by atoms with van der Waals surface area (Å²) in [4.78, 5) is 15.4. The van der Waals surface area contributed by atoms with E-state index in [1.807, 2.05) is 55.6 Å². The van der Waals surface area contributed by atoms with Crippen LogP contribution >= 0.6 is 24.0 Å². The molecule has 0 aliphatic carbocycles. The molecule has 0 radical (unpaired) electrons. The van der Waals surface area contributed by atoms with Crippen molar-refractivity contribution in [1.29, 1.82) is 0 Å². The third kappa shape index (κ3) is 5.29. The van der Waals surface area contributed by atoms with Crippen LogP contribution in [0.25, 0.3) is 23.0 Å². The van der Waals surface area contributed by atoms with Crippen LogP contribution in [-0.2, 0) is 14.8 Å². The molecule has 2 aromatic carbocycles. The average molecular weight is 553 g/mol. The molecule has 3 aromatic rings. The maximum atomic E-state index is 13.4.